The highest BCUT2D eigenvalue weighted by atomic mass is 15.4. The number of rotatable bonds is 3. The molecule has 0 aromatic carbocycles. The zero-order valence-electron chi connectivity index (χ0n) is 9.93. The van der Waals surface area contributed by atoms with Crippen LogP contribution in [0, 0.1) is 0 Å². The summed E-state index contributed by atoms with van der Waals surface area (Å²) in [5.41, 5.74) is 1.11. The van der Waals surface area contributed by atoms with E-state index in [-0.39, 0.29) is 0 Å². The monoisotopic (exact) mass is 218 g/mol. The van der Waals surface area contributed by atoms with Gasteiger partial charge in [-0.2, -0.15) is 0 Å². The van der Waals surface area contributed by atoms with E-state index < -0.39 is 0 Å². The Morgan fingerprint density at radius 2 is 2.00 bits per heavy atom. The molecule has 1 fully saturated rings. The molecule has 0 bridgehead atoms. The summed E-state index contributed by atoms with van der Waals surface area (Å²) in [7, 11) is 4.17. The summed E-state index contributed by atoms with van der Waals surface area (Å²) >= 11 is 0. The third-order valence-electron chi connectivity index (χ3n) is 2.80. The van der Waals surface area contributed by atoms with E-state index in [9.17, 15) is 0 Å². The van der Waals surface area contributed by atoms with Crippen molar-refractivity contribution in [3.05, 3.63) is 30.1 Å². The maximum absolute atomic E-state index is 4.61. The van der Waals surface area contributed by atoms with Gasteiger partial charge in [0.05, 0.1) is 0 Å². The molecule has 4 heteroatoms. The third kappa shape index (κ3) is 2.51. The first-order chi connectivity index (χ1) is 7.77. The Morgan fingerprint density at radius 3 is 2.62 bits per heavy atom. The number of hydrogen-bond acceptors (Lipinski definition) is 2. The Balaban J connectivity index is 1.90. The molecule has 1 saturated heterocycles. The maximum Gasteiger partial charge on any atom is 0.196 e. The molecule has 0 saturated carbocycles. The topological polar surface area (TPSA) is 31.7 Å². The second-order valence-corrected chi connectivity index (χ2v) is 4.10. The van der Waals surface area contributed by atoms with Crippen molar-refractivity contribution in [2.45, 2.75) is 6.42 Å². The van der Waals surface area contributed by atoms with Crippen molar-refractivity contribution in [3.63, 3.8) is 0 Å². The van der Waals surface area contributed by atoms with E-state index in [0.29, 0.717) is 0 Å². The van der Waals surface area contributed by atoms with E-state index in [1.54, 1.807) is 0 Å². The quantitative estimate of drug-likeness (QED) is 0.754. The summed E-state index contributed by atoms with van der Waals surface area (Å²) in [6.07, 6.45) is 2.74. The average Bonchev–Trinajstić information content (AvgIpc) is 2.62. The van der Waals surface area contributed by atoms with Crippen molar-refractivity contribution in [3.8, 4) is 0 Å². The molecule has 0 atom stereocenters. The minimum atomic E-state index is 0.807. The van der Waals surface area contributed by atoms with Crippen molar-refractivity contribution in [1.82, 2.24) is 14.8 Å². The van der Waals surface area contributed by atoms with E-state index in [0.717, 1.165) is 37.7 Å². The van der Waals surface area contributed by atoms with Gasteiger partial charge in [-0.25, -0.2) is 0 Å². The molecule has 0 amide bonds. The molecule has 0 unspecified atom stereocenters. The number of pyridine rings is 1. The van der Waals surface area contributed by atoms with E-state index in [4.69, 9.17) is 0 Å². The molecule has 4 nitrogen and oxygen atoms in total. The number of likely N-dealkylation sites (N-methyl/N-ethyl adjacent to an activating group) is 2. The Hall–Kier alpha value is -1.58. The molecule has 1 aliphatic heterocycles. The van der Waals surface area contributed by atoms with Crippen LogP contribution < -0.4 is 0 Å². The van der Waals surface area contributed by atoms with Crippen molar-refractivity contribution < 1.29 is 0 Å². The number of aromatic nitrogens is 1. The van der Waals surface area contributed by atoms with Gasteiger partial charge in [-0.3, -0.25) is 9.98 Å². The predicted molar refractivity (Wildman–Crippen MR) is 65.5 cm³/mol. The molecule has 1 aromatic heterocycles. The van der Waals surface area contributed by atoms with Crippen LogP contribution in [0.25, 0.3) is 0 Å². The van der Waals surface area contributed by atoms with Crippen LogP contribution in [0.15, 0.2) is 29.4 Å². The van der Waals surface area contributed by atoms with Crippen molar-refractivity contribution in [2.75, 3.05) is 33.7 Å². The molecular weight excluding hydrogens is 200 g/mol. The average molecular weight is 218 g/mol. The first-order valence-electron chi connectivity index (χ1n) is 5.64. The van der Waals surface area contributed by atoms with Gasteiger partial charge in [-0.1, -0.05) is 6.07 Å². The SMILES string of the molecule is CN1CCN(C)C1=NCCc1ccccn1. The van der Waals surface area contributed by atoms with Crippen LogP contribution in [-0.4, -0.2) is 54.5 Å². The number of aliphatic imine (C=N–C) groups is 1. The largest absolute Gasteiger partial charge is 0.344 e. The van der Waals surface area contributed by atoms with Crippen LogP contribution >= 0.6 is 0 Å². The summed E-state index contributed by atoms with van der Waals surface area (Å²) < 4.78 is 0. The molecule has 16 heavy (non-hydrogen) atoms. The number of hydrogen-bond donors (Lipinski definition) is 0. The number of guanidine groups is 1. The zero-order chi connectivity index (χ0) is 11.4. The van der Waals surface area contributed by atoms with Gasteiger partial charge in [0.25, 0.3) is 0 Å². The summed E-state index contributed by atoms with van der Waals surface area (Å²) in [6.45, 7) is 2.94. The Labute approximate surface area is 96.6 Å². The van der Waals surface area contributed by atoms with Crippen molar-refractivity contribution in [1.29, 1.82) is 0 Å². The summed E-state index contributed by atoms with van der Waals surface area (Å²) in [5.74, 6) is 1.09. The highest BCUT2D eigenvalue weighted by Crippen LogP contribution is 2.04. The zero-order valence-corrected chi connectivity index (χ0v) is 9.93. The smallest absolute Gasteiger partial charge is 0.196 e. The Bertz CT molecular complexity index is 349. The van der Waals surface area contributed by atoms with Gasteiger partial charge in [-0.05, 0) is 12.1 Å². The van der Waals surface area contributed by atoms with E-state index in [2.05, 4.69) is 33.9 Å². The molecule has 1 aliphatic rings. The Kier molecular flexibility index (Phi) is 3.39. The van der Waals surface area contributed by atoms with Gasteiger partial charge < -0.3 is 9.80 Å². The highest BCUT2D eigenvalue weighted by molar-refractivity contribution is 5.81. The Morgan fingerprint density at radius 1 is 1.25 bits per heavy atom. The van der Waals surface area contributed by atoms with Gasteiger partial charge in [0, 0.05) is 52.0 Å². The predicted octanol–water partition coefficient (Wildman–Crippen LogP) is 0.857. The van der Waals surface area contributed by atoms with Crippen LogP contribution in [0.2, 0.25) is 0 Å². The minimum absolute atomic E-state index is 0.807. The second-order valence-electron chi connectivity index (χ2n) is 4.10. The fourth-order valence-corrected chi connectivity index (χ4v) is 1.85. The lowest BCUT2D eigenvalue weighted by Gasteiger charge is -2.15. The van der Waals surface area contributed by atoms with Crippen LogP contribution in [-0.2, 0) is 6.42 Å². The van der Waals surface area contributed by atoms with E-state index in [1.807, 2.05) is 24.4 Å². The van der Waals surface area contributed by atoms with Gasteiger partial charge in [-0.15, -0.1) is 0 Å². The fraction of sp³-hybridized carbons (Fsp3) is 0.500. The molecule has 0 spiro atoms. The molecule has 2 heterocycles. The van der Waals surface area contributed by atoms with E-state index >= 15 is 0 Å². The van der Waals surface area contributed by atoms with Crippen LogP contribution in [0.4, 0.5) is 0 Å². The maximum atomic E-state index is 4.61. The molecule has 86 valence electrons. The third-order valence-corrected chi connectivity index (χ3v) is 2.80. The minimum Gasteiger partial charge on any atom is -0.344 e. The van der Waals surface area contributed by atoms with Crippen molar-refractivity contribution >= 4 is 5.96 Å². The van der Waals surface area contributed by atoms with Gasteiger partial charge in [0.1, 0.15) is 0 Å². The molecule has 2 rings (SSSR count). The molecule has 1 aromatic rings. The molecule has 0 aliphatic carbocycles. The molecule has 0 radical (unpaired) electrons. The lowest BCUT2D eigenvalue weighted by Crippen LogP contribution is -2.28. The van der Waals surface area contributed by atoms with Crippen LogP contribution in [0.3, 0.4) is 0 Å². The van der Waals surface area contributed by atoms with Gasteiger partial charge in [0.2, 0.25) is 0 Å². The van der Waals surface area contributed by atoms with Crippen molar-refractivity contribution in [2.24, 2.45) is 4.99 Å². The molecule has 0 N–H and O–H groups in total. The second kappa shape index (κ2) is 4.96. The normalized spacial score (nSPS) is 15.8. The number of nitrogens with zero attached hydrogens (tertiary/aromatic N) is 4. The fourth-order valence-electron chi connectivity index (χ4n) is 1.85. The van der Waals surface area contributed by atoms with Gasteiger partial charge >= 0.3 is 0 Å². The standard InChI is InChI=1S/C12H18N4/c1-15-9-10-16(2)12(15)14-8-6-11-5-3-4-7-13-11/h3-5,7H,6,8-10H2,1-2H3. The van der Waals surface area contributed by atoms with Crippen LogP contribution in [0.5, 0.6) is 0 Å². The van der Waals surface area contributed by atoms with Crippen LogP contribution in [0.1, 0.15) is 5.69 Å². The summed E-state index contributed by atoms with van der Waals surface area (Å²) in [4.78, 5) is 13.3. The lowest BCUT2D eigenvalue weighted by atomic mass is 10.3. The first-order valence-corrected chi connectivity index (χ1v) is 5.64. The summed E-state index contributed by atoms with van der Waals surface area (Å²) in [6, 6.07) is 6.00. The highest BCUT2D eigenvalue weighted by Gasteiger charge is 2.18. The van der Waals surface area contributed by atoms with E-state index in [1.165, 1.54) is 0 Å². The first kappa shape index (κ1) is 10.9. The lowest BCUT2D eigenvalue weighted by molar-refractivity contribution is 0.553. The summed E-state index contributed by atoms with van der Waals surface area (Å²) in [5, 5.41) is 0. The molecular formula is C12H18N4. The van der Waals surface area contributed by atoms with Gasteiger partial charge in [0.15, 0.2) is 5.96 Å².